The third-order valence-corrected chi connectivity index (χ3v) is 3.15. The summed E-state index contributed by atoms with van der Waals surface area (Å²) >= 11 is 3.28. The molecule has 0 aliphatic rings. The van der Waals surface area contributed by atoms with Crippen LogP contribution < -0.4 is 11.1 Å². The average Bonchev–Trinajstić information content (AvgIpc) is 2.33. The van der Waals surface area contributed by atoms with Crippen LogP contribution in [0.25, 0.3) is 21.8 Å². The molecule has 0 saturated carbocycles. The van der Waals surface area contributed by atoms with Gasteiger partial charge in [0, 0.05) is 9.86 Å². The molecule has 2 heterocycles. The second-order valence-electron chi connectivity index (χ2n) is 3.75. The van der Waals surface area contributed by atoms with Gasteiger partial charge in [0.1, 0.15) is 16.7 Å². The Labute approximate surface area is 107 Å². The molecule has 3 rings (SSSR count). The van der Waals surface area contributed by atoms with Crippen molar-refractivity contribution in [2.45, 2.75) is 0 Å². The predicted octanol–water partition coefficient (Wildman–Crippen LogP) is 1.23. The number of fused-ring (bicyclic) bond motifs is 2. The Hall–Kier alpha value is -2.15. The third kappa shape index (κ3) is 1.44. The van der Waals surface area contributed by atoms with Crippen LogP contribution in [0.2, 0.25) is 0 Å². The number of pyridine rings is 1. The number of rotatable bonds is 0. The first-order valence-corrected chi connectivity index (χ1v) is 5.80. The number of nitrogens with one attached hydrogen (secondary N) is 2. The maximum Gasteiger partial charge on any atom is 0.289 e. The number of halogens is 1. The zero-order valence-corrected chi connectivity index (χ0v) is 10.4. The fraction of sp³-hybridized carbons (Fsp3) is 0. The van der Waals surface area contributed by atoms with Crippen LogP contribution in [0.15, 0.2) is 32.3 Å². The first-order valence-electron chi connectivity index (χ1n) is 5.01. The number of aromatic hydroxyl groups is 1. The van der Waals surface area contributed by atoms with Gasteiger partial charge in [-0.1, -0.05) is 15.9 Å². The number of hydrogen-bond donors (Lipinski definition) is 3. The van der Waals surface area contributed by atoms with Crippen LogP contribution in [-0.2, 0) is 0 Å². The summed E-state index contributed by atoms with van der Waals surface area (Å²) in [5, 5.41) is 14.7. The molecule has 0 spiro atoms. The van der Waals surface area contributed by atoms with Crippen molar-refractivity contribution in [3.8, 4) is 5.75 Å². The van der Waals surface area contributed by atoms with E-state index in [1.165, 1.54) is 0 Å². The molecule has 18 heavy (non-hydrogen) atoms. The lowest BCUT2D eigenvalue weighted by atomic mass is 10.1. The third-order valence-electron chi connectivity index (χ3n) is 2.65. The monoisotopic (exact) mass is 307 g/mol. The number of H-pyrrole nitrogens is 2. The Bertz CT molecular complexity index is 898. The molecule has 0 radical (unpaired) electrons. The highest BCUT2D eigenvalue weighted by atomic mass is 79.9. The lowest BCUT2D eigenvalue weighted by Crippen LogP contribution is -2.20. The zero-order chi connectivity index (χ0) is 12.9. The summed E-state index contributed by atoms with van der Waals surface area (Å²) < 4.78 is 0.766. The summed E-state index contributed by atoms with van der Waals surface area (Å²) in [5.74, 6) is -0.241. The van der Waals surface area contributed by atoms with Gasteiger partial charge in [0.15, 0.2) is 0 Å². The van der Waals surface area contributed by atoms with Crippen LogP contribution in [0.3, 0.4) is 0 Å². The topological polar surface area (TPSA) is 98.8 Å². The molecule has 2 aromatic heterocycles. The minimum atomic E-state index is -0.584. The lowest BCUT2D eigenvalue weighted by molar-refractivity contribution is 0.487. The Morgan fingerprint density at radius 3 is 2.67 bits per heavy atom. The van der Waals surface area contributed by atoms with Crippen molar-refractivity contribution in [3.63, 3.8) is 0 Å². The van der Waals surface area contributed by atoms with E-state index in [0.717, 1.165) is 4.47 Å². The molecule has 0 aliphatic heterocycles. The van der Waals surface area contributed by atoms with Gasteiger partial charge < -0.3 is 5.11 Å². The molecule has 3 aromatic rings. The first kappa shape index (κ1) is 11.0. The highest BCUT2D eigenvalue weighted by Gasteiger charge is 2.13. The van der Waals surface area contributed by atoms with E-state index >= 15 is 0 Å². The van der Waals surface area contributed by atoms with Crippen molar-refractivity contribution in [2.24, 2.45) is 0 Å². The minimum Gasteiger partial charge on any atom is -0.506 e. The standard InChI is InChI=1S/C11H6BrN3O3/c12-4-1-2-5-6(3-4)13-8-7(9(5)16)10(17)14-15-11(8)18/h1-3H,(H,13,16)(H,14,17)(H,15,18). The Kier molecular flexibility index (Phi) is 2.24. The van der Waals surface area contributed by atoms with Gasteiger partial charge in [-0.2, -0.15) is 0 Å². The van der Waals surface area contributed by atoms with E-state index < -0.39 is 11.1 Å². The van der Waals surface area contributed by atoms with Crippen LogP contribution in [0, 0.1) is 0 Å². The smallest absolute Gasteiger partial charge is 0.289 e. The van der Waals surface area contributed by atoms with Crippen molar-refractivity contribution in [3.05, 3.63) is 43.4 Å². The second kappa shape index (κ2) is 3.67. The van der Waals surface area contributed by atoms with Crippen LogP contribution in [0.5, 0.6) is 5.75 Å². The largest absolute Gasteiger partial charge is 0.506 e. The molecular formula is C11H6BrN3O3. The van der Waals surface area contributed by atoms with E-state index in [9.17, 15) is 14.7 Å². The Balaban J connectivity index is 2.69. The fourth-order valence-corrected chi connectivity index (χ4v) is 2.18. The van der Waals surface area contributed by atoms with Gasteiger partial charge in [0.25, 0.3) is 11.1 Å². The van der Waals surface area contributed by atoms with E-state index in [4.69, 9.17) is 0 Å². The van der Waals surface area contributed by atoms with E-state index in [-0.39, 0.29) is 16.7 Å². The number of nitrogens with zero attached hydrogens (tertiary/aromatic N) is 1. The van der Waals surface area contributed by atoms with Gasteiger partial charge in [0.2, 0.25) is 0 Å². The average molecular weight is 308 g/mol. The highest BCUT2D eigenvalue weighted by molar-refractivity contribution is 9.10. The maximum atomic E-state index is 11.6. The number of aromatic amines is 2. The summed E-state index contributed by atoms with van der Waals surface area (Å²) in [6.45, 7) is 0. The Morgan fingerprint density at radius 1 is 1.17 bits per heavy atom. The van der Waals surface area contributed by atoms with Crippen LogP contribution in [0.1, 0.15) is 0 Å². The fourth-order valence-electron chi connectivity index (χ4n) is 1.84. The molecule has 1 aromatic carbocycles. The van der Waals surface area contributed by atoms with Crippen LogP contribution in [-0.4, -0.2) is 20.3 Å². The van der Waals surface area contributed by atoms with E-state index in [1.54, 1.807) is 18.2 Å². The van der Waals surface area contributed by atoms with Crippen molar-refractivity contribution in [2.75, 3.05) is 0 Å². The Morgan fingerprint density at radius 2 is 1.89 bits per heavy atom. The number of hydrogen-bond acceptors (Lipinski definition) is 4. The molecule has 3 N–H and O–H groups in total. The van der Waals surface area contributed by atoms with Crippen molar-refractivity contribution < 1.29 is 5.11 Å². The number of aromatic nitrogens is 3. The van der Waals surface area contributed by atoms with Gasteiger partial charge in [-0.15, -0.1) is 0 Å². The first-order chi connectivity index (χ1) is 8.58. The van der Waals surface area contributed by atoms with E-state index in [0.29, 0.717) is 10.9 Å². The summed E-state index contributed by atoms with van der Waals surface area (Å²) in [4.78, 5) is 27.3. The molecule has 0 bridgehead atoms. The molecule has 0 saturated heterocycles. The predicted molar refractivity (Wildman–Crippen MR) is 69.9 cm³/mol. The van der Waals surface area contributed by atoms with Gasteiger partial charge >= 0.3 is 0 Å². The van der Waals surface area contributed by atoms with Crippen molar-refractivity contribution in [1.82, 2.24) is 15.2 Å². The summed E-state index contributed by atoms with van der Waals surface area (Å²) in [6.07, 6.45) is 0. The second-order valence-corrected chi connectivity index (χ2v) is 4.67. The van der Waals surface area contributed by atoms with Gasteiger partial charge in [-0.05, 0) is 18.2 Å². The number of benzene rings is 1. The molecular weight excluding hydrogens is 302 g/mol. The molecule has 0 unspecified atom stereocenters. The normalized spacial score (nSPS) is 11.2. The zero-order valence-electron chi connectivity index (χ0n) is 8.82. The molecule has 7 heteroatoms. The van der Waals surface area contributed by atoms with Gasteiger partial charge in [0.05, 0.1) is 5.52 Å². The van der Waals surface area contributed by atoms with Crippen LogP contribution in [0.4, 0.5) is 0 Å². The van der Waals surface area contributed by atoms with Crippen molar-refractivity contribution >= 4 is 37.7 Å². The molecule has 0 aliphatic carbocycles. The van der Waals surface area contributed by atoms with Crippen molar-refractivity contribution in [1.29, 1.82) is 0 Å². The summed E-state index contributed by atoms with van der Waals surface area (Å²) in [7, 11) is 0. The molecule has 0 atom stereocenters. The van der Waals surface area contributed by atoms with E-state index in [1.807, 2.05) is 0 Å². The maximum absolute atomic E-state index is 11.6. The van der Waals surface area contributed by atoms with Gasteiger partial charge in [-0.3, -0.25) is 19.8 Å². The highest BCUT2D eigenvalue weighted by Crippen LogP contribution is 2.29. The molecule has 90 valence electrons. The molecule has 0 amide bonds. The SMILES string of the molecule is O=c1[nH][nH]c(=O)c2c(O)c3ccc(Br)cc3nc12. The van der Waals surface area contributed by atoms with Crippen LogP contribution >= 0.6 is 15.9 Å². The molecule has 6 nitrogen and oxygen atoms in total. The quantitative estimate of drug-likeness (QED) is 0.544. The van der Waals surface area contributed by atoms with E-state index in [2.05, 4.69) is 31.1 Å². The minimum absolute atomic E-state index is 0.0816. The molecule has 0 fully saturated rings. The lowest BCUT2D eigenvalue weighted by Gasteiger charge is -2.04. The summed E-state index contributed by atoms with van der Waals surface area (Å²) in [6, 6.07) is 5.01. The summed E-state index contributed by atoms with van der Waals surface area (Å²) in [5.41, 5.74) is -0.784. The van der Waals surface area contributed by atoms with Gasteiger partial charge in [-0.25, -0.2) is 4.98 Å².